The second-order valence-electron chi connectivity index (χ2n) is 6.65. The van der Waals surface area contributed by atoms with Crippen LogP contribution in [0.2, 0.25) is 0 Å². The highest BCUT2D eigenvalue weighted by Gasteiger charge is 2.22. The number of carbonyl (C=O) groups excluding carboxylic acids is 1. The minimum atomic E-state index is 0.102. The van der Waals surface area contributed by atoms with Crippen LogP contribution in [-0.4, -0.2) is 42.6 Å². The van der Waals surface area contributed by atoms with Gasteiger partial charge in [0.2, 0.25) is 5.91 Å². The Labute approximate surface area is 132 Å². The van der Waals surface area contributed by atoms with E-state index in [0.29, 0.717) is 6.42 Å². The van der Waals surface area contributed by atoms with Crippen molar-refractivity contribution >= 4 is 11.6 Å². The van der Waals surface area contributed by atoms with Crippen molar-refractivity contribution in [2.45, 2.75) is 51.7 Å². The molecule has 0 spiro atoms. The van der Waals surface area contributed by atoms with Gasteiger partial charge in [-0.15, -0.1) is 0 Å². The van der Waals surface area contributed by atoms with E-state index in [4.69, 9.17) is 4.74 Å². The lowest BCUT2D eigenvalue weighted by Gasteiger charge is -2.35. The monoisotopic (exact) mass is 302 g/mol. The molecule has 4 heteroatoms. The van der Waals surface area contributed by atoms with Gasteiger partial charge in [-0.2, -0.15) is 0 Å². The summed E-state index contributed by atoms with van der Waals surface area (Å²) in [4.78, 5) is 14.5. The Bertz CT molecular complexity index is 534. The van der Waals surface area contributed by atoms with Gasteiger partial charge >= 0.3 is 0 Å². The molecule has 1 N–H and O–H groups in total. The number of nitrogens with zero attached hydrogens (tertiary/aromatic N) is 1. The third-order valence-electron chi connectivity index (χ3n) is 4.53. The van der Waals surface area contributed by atoms with Gasteiger partial charge in [0, 0.05) is 31.7 Å². The van der Waals surface area contributed by atoms with Crippen molar-refractivity contribution in [3.63, 3.8) is 0 Å². The summed E-state index contributed by atoms with van der Waals surface area (Å²) >= 11 is 0. The summed E-state index contributed by atoms with van der Waals surface area (Å²) in [6, 6.07) is 6.32. The van der Waals surface area contributed by atoms with Crippen molar-refractivity contribution < 1.29 is 9.53 Å². The number of anilines is 1. The molecule has 0 aromatic heterocycles. The highest BCUT2D eigenvalue weighted by atomic mass is 16.5. The van der Waals surface area contributed by atoms with E-state index in [-0.39, 0.29) is 18.1 Å². The molecule has 2 aliphatic rings. The number of amides is 1. The third kappa shape index (κ3) is 3.87. The summed E-state index contributed by atoms with van der Waals surface area (Å²) in [7, 11) is 0. The topological polar surface area (TPSA) is 41.6 Å². The summed E-state index contributed by atoms with van der Waals surface area (Å²) in [5, 5.41) is 3.04. The SMILES string of the molecule is C[C@H]1CN(CCC(=O)Nc2ccc3c(c2)CCC3)C[C@H](C)O1. The lowest BCUT2D eigenvalue weighted by atomic mass is 10.1. The molecule has 1 fully saturated rings. The number of hydrogen-bond donors (Lipinski definition) is 1. The van der Waals surface area contributed by atoms with Gasteiger partial charge in [0.1, 0.15) is 0 Å². The minimum absolute atomic E-state index is 0.102. The van der Waals surface area contributed by atoms with Crippen molar-refractivity contribution in [2.75, 3.05) is 25.0 Å². The largest absolute Gasteiger partial charge is 0.373 e. The van der Waals surface area contributed by atoms with Crippen LogP contribution in [0.4, 0.5) is 5.69 Å². The van der Waals surface area contributed by atoms with Crippen LogP contribution in [0.3, 0.4) is 0 Å². The molecule has 1 aromatic carbocycles. The van der Waals surface area contributed by atoms with Gasteiger partial charge in [-0.05, 0) is 56.4 Å². The highest BCUT2D eigenvalue weighted by Crippen LogP contribution is 2.25. The Hall–Kier alpha value is -1.39. The van der Waals surface area contributed by atoms with Gasteiger partial charge < -0.3 is 10.1 Å². The standard InChI is InChI=1S/C18H26N2O2/c1-13-11-20(12-14(2)22-13)9-8-18(21)19-17-7-6-15-4-3-5-16(15)10-17/h6-7,10,13-14H,3-5,8-9,11-12H2,1-2H3,(H,19,21)/t13-,14-/m0/s1. The quantitative estimate of drug-likeness (QED) is 0.929. The summed E-state index contributed by atoms with van der Waals surface area (Å²) in [6.07, 6.45) is 4.60. The van der Waals surface area contributed by atoms with E-state index in [9.17, 15) is 4.79 Å². The summed E-state index contributed by atoms with van der Waals surface area (Å²) < 4.78 is 5.72. The zero-order valence-electron chi connectivity index (χ0n) is 13.6. The average Bonchev–Trinajstić information content (AvgIpc) is 2.92. The predicted octanol–water partition coefficient (Wildman–Crippen LogP) is 2.61. The molecule has 0 bridgehead atoms. The Morgan fingerprint density at radius 1 is 1.23 bits per heavy atom. The van der Waals surface area contributed by atoms with Crippen LogP contribution in [0.1, 0.15) is 37.8 Å². The molecule has 22 heavy (non-hydrogen) atoms. The highest BCUT2D eigenvalue weighted by molar-refractivity contribution is 5.91. The van der Waals surface area contributed by atoms with Gasteiger partial charge in [-0.3, -0.25) is 9.69 Å². The molecule has 2 atom stereocenters. The van der Waals surface area contributed by atoms with Crippen molar-refractivity contribution in [2.24, 2.45) is 0 Å². The second-order valence-corrected chi connectivity index (χ2v) is 6.65. The molecule has 1 aromatic rings. The Morgan fingerprint density at radius 2 is 1.95 bits per heavy atom. The molecule has 0 saturated carbocycles. The second kappa shape index (κ2) is 6.80. The number of benzene rings is 1. The van der Waals surface area contributed by atoms with Gasteiger partial charge in [0.15, 0.2) is 0 Å². The lowest BCUT2D eigenvalue weighted by molar-refractivity contribution is -0.117. The van der Waals surface area contributed by atoms with E-state index < -0.39 is 0 Å². The number of nitrogens with one attached hydrogen (secondary N) is 1. The summed E-state index contributed by atoms with van der Waals surface area (Å²) in [5.41, 5.74) is 3.78. The fourth-order valence-electron chi connectivity index (χ4n) is 3.60. The smallest absolute Gasteiger partial charge is 0.225 e. The molecule has 120 valence electrons. The lowest BCUT2D eigenvalue weighted by Crippen LogP contribution is -2.46. The van der Waals surface area contributed by atoms with Gasteiger partial charge in [0.05, 0.1) is 12.2 Å². The van der Waals surface area contributed by atoms with Crippen LogP contribution in [0.15, 0.2) is 18.2 Å². The van der Waals surface area contributed by atoms with Crippen molar-refractivity contribution in [3.8, 4) is 0 Å². The maximum absolute atomic E-state index is 12.1. The van der Waals surface area contributed by atoms with Gasteiger partial charge in [0.25, 0.3) is 0 Å². The Kier molecular flexibility index (Phi) is 4.79. The maximum Gasteiger partial charge on any atom is 0.225 e. The number of hydrogen-bond acceptors (Lipinski definition) is 3. The Balaban J connectivity index is 1.48. The fourth-order valence-corrected chi connectivity index (χ4v) is 3.60. The molecule has 3 rings (SSSR count). The van der Waals surface area contributed by atoms with E-state index in [2.05, 4.69) is 36.2 Å². The van der Waals surface area contributed by atoms with E-state index in [1.54, 1.807) is 0 Å². The molecule has 1 amide bonds. The maximum atomic E-state index is 12.1. The van der Waals surface area contributed by atoms with Gasteiger partial charge in [-0.1, -0.05) is 6.07 Å². The average molecular weight is 302 g/mol. The molecule has 1 aliphatic carbocycles. The number of morpholine rings is 1. The molecule has 1 heterocycles. The normalized spacial score (nSPS) is 25.0. The minimum Gasteiger partial charge on any atom is -0.373 e. The van der Waals surface area contributed by atoms with Crippen molar-refractivity contribution in [1.82, 2.24) is 4.90 Å². The molecular weight excluding hydrogens is 276 g/mol. The van der Waals surface area contributed by atoms with E-state index in [1.165, 1.54) is 24.0 Å². The summed E-state index contributed by atoms with van der Waals surface area (Å²) in [5.74, 6) is 0.102. The molecule has 0 unspecified atom stereocenters. The number of carbonyl (C=O) groups is 1. The van der Waals surface area contributed by atoms with Gasteiger partial charge in [-0.25, -0.2) is 0 Å². The number of fused-ring (bicyclic) bond motifs is 1. The van der Waals surface area contributed by atoms with Crippen LogP contribution in [-0.2, 0) is 22.4 Å². The van der Waals surface area contributed by atoms with Crippen LogP contribution in [0.5, 0.6) is 0 Å². The number of rotatable bonds is 4. The number of aryl methyl sites for hydroxylation is 2. The Morgan fingerprint density at radius 3 is 2.73 bits per heavy atom. The van der Waals surface area contributed by atoms with Crippen LogP contribution in [0, 0.1) is 0 Å². The first-order chi connectivity index (χ1) is 10.6. The van der Waals surface area contributed by atoms with E-state index >= 15 is 0 Å². The van der Waals surface area contributed by atoms with Crippen molar-refractivity contribution in [3.05, 3.63) is 29.3 Å². The van der Waals surface area contributed by atoms with Crippen LogP contribution < -0.4 is 5.32 Å². The zero-order valence-corrected chi connectivity index (χ0v) is 13.6. The molecular formula is C18H26N2O2. The third-order valence-corrected chi connectivity index (χ3v) is 4.53. The first-order valence-electron chi connectivity index (χ1n) is 8.39. The predicted molar refractivity (Wildman–Crippen MR) is 88.2 cm³/mol. The van der Waals surface area contributed by atoms with Crippen LogP contribution in [0.25, 0.3) is 0 Å². The molecule has 1 saturated heterocycles. The van der Waals surface area contributed by atoms with Crippen LogP contribution >= 0.6 is 0 Å². The first kappa shape index (κ1) is 15.5. The first-order valence-corrected chi connectivity index (χ1v) is 8.39. The van der Waals surface area contributed by atoms with E-state index in [1.807, 2.05) is 6.07 Å². The van der Waals surface area contributed by atoms with E-state index in [0.717, 1.165) is 31.7 Å². The summed E-state index contributed by atoms with van der Waals surface area (Å²) in [6.45, 7) is 6.81. The molecule has 1 aliphatic heterocycles. The molecule has 4 nitrogen and oxygen atoms in total. The fraction of sp³-hybridized carbons (Fsp3) is 0.611. The zero-order chi connectivity index (χ0) is 15.5. The number of ether oxygens (including phenoxy) is 1. The molecule has 0 radical (unpaired) electrons. The van der Waals surface area contributed by atoms with Crippen molar-refractivity contribution in [1.29, 1.82) is 0 Å².